The molecule has 3 rings (SSSR count). The second-order valence-electron chi connectivity index (χ2n) is 5.91. The maximum absolute atomic E-state index is 5.65. The lowest BCUT2D eigenvalue weighted by atomic mass is 10.2. The monoisotopic (exact) mass is 245 g/mol. The van der Waals surface area contributed by atoms with E-state index in [0.717, 1.165) is 24.1 Å². The van der Waals surface area contributed by atoms with Crippen molar-refractivity contribution in [1.29, 1.82) is 0 Å². The Hall–Kier alpha value is -0.930. The lowest BCUT2D eigenvalue weighted by Crippen LogP contribution is -2.28. The van der Waals surface area contributed by atoms with Crippen molar-refractivity contribution >= 4 is 0 Å². The molecule has 0 aromatic carbocycles. The van der Waals surface area contributed by atoms with Crippen molar-refractivity contribution < 1.29 is 0 Å². The van der Waals surface area contributed by atoms with Crippen LogP contribution in [-0.2, 0) is 13.1 Å². The van der Waals surface area contributed by atoms with Crippen molar-refractivity contribution in [2.75, 3.05) is 13.1 Å². The van der Waals surface area contributed by atoms with Crippen molar-refractivity contribution in [3.05, 3.63) is 29.6 Å². The van der Waals surface area contributed by atoms with E-state index in [2.05, 4.69) is 22.0 Å². The summed E-state index contributed by atoms with van der Waals surface area (Å²) in [6, 6.07) is 6.22. The molecule has 2 aliphatic carbocycles. The summed E-state index contributed by atoms with van der Waals surface area (Å²) in [6.45, 7) is 4.08. The zero-order chi connectivity index (χ0) is 12.4. The van der Waals surface area contributed by atoms with Gasteiger partial charge >= 0.3 is 0 Å². The van der Waals surface area contributed by atoms with Gasteiger partial charge in [0.1, 0.15) is 0 Å². The SMILES string of the molecule is NCc1cccc(CN(CC2CC2)CC2CC2)n1. The van der Waals surface area contributed by atoms with Gasteiger partial charge in [0.15, 0.2) is 0 Å². The van der Waals surface area contributed by atoms with Gasteiger partial charge in [0.25, 0.3) is 0 Å². The molecular formula is C15H23N3. The standard InChI is InChI=1S/C15H23N3/c16-8-14-2-1-3-15(17-14)11-18(9-12-4-5-12)10-13-6-7-13/h1-3,12-13H,4-11,16H2. The molecule has 2 fully saturated rings. The van der Waals surface area contributed by atoms with Crippen molar-refractivity contribution in [2.24, 2.45) is 17.6 Å². The fraction of sp³-hybridized carbons (Fsp3) is 0.667. The van der Waals surface area contributed by atoms with E-state index in [-0.39, 0.29) is 0 Å². The normalized spacial score (nSPS) is 19.4. The molecule has 0 atom stereocenters. The Morgan fingerprint density at radius 3 is 2.22 bits per heavy atom. The highest BCUT2D eigenvalue weighted by Gasteiger charge is 2.29. The Labute approximate surface area is 109 Å². The molecule has 1 heterocycles. The first kappa shape index (κ1) is 12.1. The molecule has 0 unspecified atom stereocenters. The van der Waals surface area contributed by atoms with Crippen LogP contribution >= 0.6 is 0 Å². The van der Waals surface area contributed by atoms with Gasteiger partial charge in [0.05, 0.1) is 11.4 Å². The highest BCUT2D eigenvalue weighted by molar-refractivity contribution is 5.11. The van der Waals surface area contributed by atoms with Crippen molar-refractivity contribution in [3.63, 3.8) is 0 Å². The first-order valence-electron chi connectivity index (χ1n) is 7.20. The number of nitrogens with zero attached hydrogens (tertiary/aromatic N) is 2. The van der Waals surface area contributed by atoms with Crippen LogP contribution in [-0.4, -0.2) is 23.0 Å². The fourth-order valence-electron chi connectivity index (χ4n) is 2.49. The van der Waals surface area contributed by atoms with E-state index in [1.165, 1.54) is 44.5 Å². The zero-order valence-electron chi connectivity index (χ0n) is 11.0. The summed E-state index contributed by atoms with van der Waals surface area (Å²) >= 11 is 0. The molecule has 0 bridgehead atoms. The molecule has 0 spiro atoms. The number of pyridine rings is 1. The molecule has 1 aromatic rings. The van der Waals surface area contributed by atoms with Crippen LogP contribution in [0.5, 0.6) is 0 Å². The predicted octanol–water partition coefficient (Wildman–Crippen LogP) is 2.16. The van der Waals surface area contributed by atoms with Crippen molar-refractivity contribution in [1.82, 2.24) is 9.88 Å². The van der Waals surface area contributed by atoms with E-state index in [0.29, 0.717) is 6.54 Å². The zero-order valence-corrected chi connectivity index (χ0v) is 11.0. The Morgan fingerprint density at radius 2 is 1.67 bits per heavy atom. The minimum atomic E-state index is 0.541. The smallest absolute Gasteiger partial charge is 0.0547 e. The molecule has 0 radical (unpaired) electrons. The molecule has 18 heavy (non-hydrogen) atoms. The third-order valence-corrected chi connectivity index (χ3v) is 3.89. The molecule has 0 amide bonds. The van der Waals surface area contributed by atoms with Gasteiger partial charge in [-0.1, -0.05) is 6.07 Å². The molecule has 98 valence electrons. The number of hydrogen-bond donors (Lipinski definition) is 1. The fourth-order valence-corrected chi connectivity index (χ4v) is 2.49. The number of rotatable bonds is 7. The maximum Gasteiger partial charge on any atom is 0.0547 e. The lowest BCUT2D eigenvalue weighted by molar-refractivity contribution is 0.241. The van der Waals surface area contributed by atoms with Gasteiger partial charge in [-0.2, -0.15) is 0 Å². The van der Waals surface area contributed by atoms with Crippen LogP contribution in [0.1, 0.15) is 37.1 Å². The van der Waals surface area contributed by atoms with Gasteiger partial charge in [-0.3, -0.25) is 9.88 Å². The van der Waals surface area contributed by atoms with Gasteiger partial charge in [-0.25, -0.2) is 0 Å². The molecule has 0 saturated heterocycles. The molecule has 3 heteroatoms. The minimum absolute atomic E-state index is 0.541. The van der Waals surface area contributed by atoms with E-state index in [1.807, 2.05) is 6.07 Å². The lowest BCUT2D eigenvalue weighted by Gasteiger charge is -2.21. The highest BCUT2D eigenvalue weighted by atomic mass is 15.1. The molecule has 2 N–H and O–H groups in total. The van der Waals surface area contributed by atoms with Crippen LogP contribution < -0.4 is 5.73 Å². The quantitative estimate of drug-likeness (QED) is 0.800. The predicted molar refractivity (Wildman–Crippen MR) is 72.9 cm³/mol. The third kappa shape index (κ3) is 3.53. The summed E-state index contributed by atoms with van der Waals surface area (Å²) in [4.78, 5) is 7.23. The summed E-state index contributed by atoms with van der Waals surface area (Å²) in [5.41, 5.74) is 7.84. The van der Waals surface area contributed by atoms with E-state index in [1.54, 1.807) is 0 Å². The van der Waals surface area contributed by atoms with Gasteiger partial charge in [0.2, 0.25) is 0 Å². The van der Waals surface area contributed by atoms with Crippen LogP contribution in [0.15, 0.2) is 18.2 Å². The van der Waals surface area contributed by atoms with E-state index >= 15 is 0 Å². The molecule has 1 aromatic heterocycles. The minimum Gasteiger partial charge on any atom is -0.325 e. The third-order valence-electron chi connectivity index (χ3n) is 3.89. The molecule has 3 nitrogen and oxygen atoms in total. The molecule has 0 aliphatic heterocycles. The van der Waals surface area contributed by atoms with Crippen LogP contribution in [0, 0.1) is 11.8 Å². The molecule has 2 saturated carbocycles. The second-order valence-corrected chi connectivity index (χ2v) is 5.91. The summed E-state index contributed by atoms with van der Waals surface area (Å²) in [6.07, 6.45) is 5.71. The molecular weight excluding hydrogens is 222 g/mol. The van der Waals surface area contributed by atoms with Crippen LogP contribution in [0.4, 0.5) is 0 Å². The van der Waals surface area contributed by atoms with Gasteiger partial charge in [0, 0.05) is 26.2 Å². The summed E-state index contributed by atoms with van der Waals surface area (Å²) in [7, 11) is 0. The summed E-state index contributed by atoms with van der Waals surface area (Å²) in [5.74, 6) is 1.92. The highest BCUT2D eigenvalue weighted by Crippen LogP contribution is 2.34. The maximum atomic E-state index is 5.65. The largest absolute Gasteiger partial charge is 0.325 e. The van der Waals surface area contributed by atoms with Gasteiger partial charge in [-0.05, 0) is 49.7 Å². The van der Waals surface area contributed by atoms with Crippen molar-refractivity contribution in [2.45, 2.75) is 38.8 Å². The summed E-state index contributed by atoms with van der Waals surface area (Å²) in [5, 5.41) is 0. The second kappa shape index (κ2) is 5.37. The van der Waals surface area contributed by atoms with E-state index < -0.39 is 0 Å². The van der Waals surface area contributed by atoms with Gasteiger partial charge in [-0.15, -0.1) is 0 Å². The average molecular weight is 245 g/mol. The van der Waals surface area contributed by atoms with Crippen LogP contribution in [0.25, 0.3) is 0 Å². The van der Waals surface area contributed by atoms with E-state index in [9.17, 15) is 0 Å². The number of aromatic nitrogens is 1. The van der Waals surface area contributed by atoms with Crippen LogP contribution in [0.2, 0.25) is 0 Å². The van der Waals surface area contributed by atoms with Gasteiger partial charge < -0.3 is 5.73 Å². The Balaban J connectivity index is 1.61. The van der Waals surface area contributed by atoms with E-state index in [4.69, 9.17) is 5.73 Å². The molecule has 2 aliphatic rings. The van der Waals surface area contributed by atoms with Crippen LogP contribution in [0.3, 0.4) is 0 Å². The Morgan fingerprint density at radius 1 is 1.06 bits per heavy atom. The number of hydrogen-bond acceptors (Lipinski definition) is 3. The first-order valence-corrected chi connectivity index (χ1v) is 7.20. The first-order chi connectivity index (χ1) is 8.83. The topological polar surface area (TPSA) is 42.1 Å². The van der Waals surface area contributed by atoms with Crippen molar-refractivity contribution in [3.8, 4) is 0 Å². The summed E-state index contributed by atoms with van der Waals surface area (Å²) < 4.78 is 0. The Kier molecular flexibility index (Phi) is 3.62. The Bertz CT molecular complexity index is 382. The average Bonchev–Trinajstić information content (AvgIpc) is 3.25. The number of nitrogens with two attached hydrogens (primary N) is 1.